The van der Waals surface area contributed by atoms with E-state index in [1.807, 2.05) is 17.9 Å². The molecule has 7 nitrogen and oxygen atoms in total. The third kappa shape index (κ3) is 3.20. The maximum absolute atomic E-state index is 12.5. The molecule has 0 aliphatic carbocycles. The number of hydrogen-bond acceptors (Lipinski definition) is 5. The van der Waals surface area contributed by atoms with Crippen molar-refractivity contribution in [2.75, 3.05) is 24.5 Å². The van der Waals surface area contributed by atoms with E-state index < -0.39 is 0 Å². The van der Waals surface area contributed by atoms with Crippen LogP contribution in [-0.2, 0) is 26.6 Å². The number of H-pyrrole nitrogens is 1. The molecule has 0 spiro atoms. The maximum Gasteiger partial charge on any atom is 0.255 e. The molecule has 2 aliphatic heterocycles. The van der Waals surface area contributed by atoms with E-state index >= 15 is 0 Å². The molecular weight excluding hydrogens is 316 g/mol. The highest BCUT2D eigenvalue weighted by atomic mass is 16.1. The lowest BCUT2D eigenvalue weighted by Crippen LogP contribution is -2.38. The van der Waals surface area contributed by atoms with Gasteiger partial charge in [0.15, 0.2) is 0 Å². The van der Waals surface area contributed by atoms with Crippen molar-refractivity contribution in [3.63, 3.8) is 0 Å². The fourth-order valence-corrected chi connectivity index (χ4v) is 3.81. The van der Waals surface area contributed by atoms with Crippen LogP contribution < -0.4 is 10.5 Å². The molecule has 0 aromatic carbocycles. The fourth-order valence-electron chi connectivity index (χ4n) is 3.81. The number of rotatable bonds is 3. The number of piperidine rings is 1. The number of hydrogen-bond donors (Lipinski definition) is 1. The maximum atomic E-state index is 12.5. The van der Waals surface area contributed by atoms with Gasteiger partial charge in [0, 0.05) is 56.6 Å². The summed E-state index contributed by atoms with van der Waals surface area (Å²) in [6.07, 6.45) is 6.32. The van der Waals surface area contributed by atoms with Gasteiger partial charge in [0.25, 0.3) is 5.56 Å². The third-order valence-electron chi connectivity index (χ3n) is 5.53. The Morgan fingerprint density at radius 1 is 1.20 bits per heavy atom. The number of anilines is 1. The van der Waals surface area contributed by atoms with Crippen LogP contribution in [0.25, 0.3) is 0 Å². The van der Waals surface area contributed by atoms with Crippen LogP contribution in [0.3, 0.4) is 0 Å². The monoisotopic (exact) mass is 342 g/mol. The first-order chi connectivity index (χ1) is 12.1. The van der Waals surface area contributed by atoms with Gasteiger partial charge in [0.05, 0.1) is 11.9 Å². The molecule has 134 valence electrons. The highest BCUT2D eigenvalue weighted by Gasteiger charge is 2.23. The van der Waals surface area contributed by atoms with E-state index in [9.17, 15) is 4.79 Å². The van der Waals surface area contributed by atoms with Gasteiger partial charge in [-0.15, -0.1) is 0 Å². The van der Waals surface area contributed by atoms with Gasteiger partial charge in [-0.1, -0.05) is 0 Å². The summed E-state index contributed by atoms with van der Waals surface area (Å²) in [5.74, 6) is 0.753. The number of aromatic amines is 1. The lowest BCUT2D eigenvalue weighted by atomic mass is 10.1. The Morgan fingerprint density at radius 2 is 2.00 bits per heavy atom. The second-order valence-electron chi connectivity index (χ2n) is 7.20. The molecule has 7 heteroatoms. The van der Waals surface area contributed by atoms with Gasteiger partial charge in [-0.05, 0) is 32.6 Å². The molecule has 4 heterocycles. The second-order valence-corrected chi connectivity index (χ2v) is 7.20. The summed E-state index contributed by atoms with van der Waals surface area (Å²) >= 11 is 0. The van der Waals surface area contributed by atoms with Crippen LogP contribution in [0.1, 0.15) is 41.8 Å². The van der Waals surface area contributed by atoms with E-state index in [0.717, 1.165) is 56.4 Å². The first-order valence-corrected chi connectivity index (χ1v) is 9.18. The van der Waals surface area contributed by atoms with Crippen LogP contribution in [-0.4, -0.2) is 44.3 Å². The summed E-state index contributed by atoms with van der Waals surface area (Å²) < 4.78 is 1.91. The lowest BCUT2D eigenvalue weighted by Gasteiger charge is -2.30. The minimum atomic E-state index is 0.0442. The summed E-state index contributed by atoms with van der Waals surface area (Å²) in [5, 5.41) is 4.33. The van der Waals surface area contributed by atoms with Crippen LogP contribution in [0.5, 0.6) is 0 Å². The van der Waals surface area contributed by atoms with Crippen molar-refractivity contribution in [3.05, 3.63) is 39.1 Å². The van der Waals surface area contributed by atoms with Crippen molar-refractivity contribution in [1.29, 1.82) is 0 Å². The summed E-state index contributed by atoms with van der Waals surface area (Å²) in [4.78, 5) is 24.9. The average Bonchev–Trinajstić information content (AvgIpc) is 2.94. The standard InChI is InChI=1S/C18H26N6O/c1-13-14(10-19-22(13)2)11-23-9-6-15-16(12-23)20-18(21-17(15)25)24-7-4-3-5-8-24/h10H,3-9,11-12H2,1-2H3,(H,20,21,25). The lowest BCUT2D eigenvalue weighted by molar-refractivity contribution is 0.240. The first-order valence-electron chi connectivity index (χ1n) is 9.18. The van der Waals surface area contributed by atoms with Crippen LogP contribution in [0.15, 0.2) is 11.0 Å². The summed E-state index contributed by atoms with van der Waals surface area (Å²) in [7, 11) is 1.97. The van der Waals surface area contributed by atoms with Crippen molar-refractivity contribution in [1.82, 2.24) is 24.6 Å². The smallest absolute Gasteiger partial charge is 0.255 e. The molecule has 4 rings (SSSR count). The molecule has 0 amide bonds. The Kier molecular flexibility index (Phi) is 4.33. The molecule has 0 bridgehead atoms. The van der Waals surface area contributed by atoms with E-state index in [0.29, 0.717) is 0 Å². The van der Waals surface area contributed by atoms with E-state index in [1.165, 1.54) is 30.5 Å². The molecule has 1 N–H and O–H groups in total. The minimum absolute atomic E-state index is 0.0442. The second kappa shape index (κ2) is 6.63. The zero-order valence-electron chi connectivity index (χ0n) is 15.1. The van der Waals surface area contributed by atoms with E-state index in [4.69, 9.17) is 4.98 Å². The van der Waals surface area contributed by atoms with Gasteiger partial charge in [-0.25, -0.2) is 4.98 Å². The van der Waals surface area contributed by atoms with E-state index in [2.05, 4.69) is 26.8 Å². The molecule has 1 saturated heterocycles. The van der Waals surface area contributed by atoms with Crippen LogP contribution in [0.4, 0.5) is 5.95 Å². The first kappa shape index (κ1) is 16.3. The highest BCUT2D eigenvalue weighted by Crippen LogP contribution is 2.21. The molecule has 0 atom stereocenters. The third-order valence-corrected chi connectivity index (χ3v) is 5.53. The van der Waals surface area contributed by atoms with Crippen LogP contribution >= 0.6 is 0 Å². The summed E-state index contributed by atoms with van der Waals surface area (Å²) in [5.41, 5.74) is 4.28. The number of aromatic nitrogens is 4. The topological polar surface area (TPSA) is 70.1 Å². The highest BCUT2D eigenvalue weighted by molar-refractivity contribution is 5.34. The van der Waals surface area contributed by atoms with Crippen molar-refractivity contribution in [2.24, 2.45) is 7.05 Å². The van der Waals surface area contributed by atoms with Gasteiger partial charge >= 0.3 is 0 Å². The van der Waals surface area contributed by atoms with Crippen molar-refractivity contribution in [3.8, 4) is 0 Å². The number of nitrogens with one attached hydrogen (secondary N) is 1. The van der Waals surface area contributed by atoms with Gasteiger partial charge in [-0.3, -0.25) is 19.4 Å². The minimum Gasteiger partial charge on any atom is -0.342 e. The van der Waals surface area contributed by atoms with Crippen molar-refractivity contribution < 1.29 is 0 Å². The molecule has 1 fully saturated rings. The zero-order valence-corrected chi connectivity index (χ0v) is 15.1. The number of fused-ring (bicyclic) bond motifs is 1. The van der Waals surface area contributed by atoms with Crippen LogP contribution in [0.2, 0.25) is 0 Å². The van der Waals surface area contributed by atoms with Gasteiger partial charge in [0.1, 0.15) is 0 Å². The Labute approximate surface area is 147 Å². The molecular formula is C18H26N6O. The molecule has 2 aliphatic rings. The van der Waals surface area contributed by atoms with Gasteiger partial charge < -0.3 is 4.90 Å². The predicted molar refractivity (Wildman–Crippen MR) is 96.7 cm³/mol. The molecule has 0 unspecified atom stereocenters. The number of aryl methyl sites for hydroxylation is 1. The van der Waals surface area contributed by atoms with Gasteiger partial charge in [-0.2, -0.15) is 5.10 Å². The van der Waals surface area contributed by atoms with Crippen molar-refractivity contribution >= 4 is 5.95 Å². The average molecular weight is 342 g/mol. The Balaban J connectivity index is 1.55. The molecule has 25 heavy (non-hydrogen) atoms. The summed E-state index contributed by atoms with van der Waals surface area (Å²) in [6.45, 7) is 6.54. The van der Waals surface area contributed by atoms with E-state index in [-0.39, 0.29) is 5.56 Å². The molecule has 0 radical (unpaired) electrons. The largest absolute Gasteiger partial charge is 0.342 e. The molecule has 2 aromatic rings. The molecule has 2 aromatic heterocycles. The number of nitrogens with zero attached hydrogens (tertiary/aromatic N) is 5. The molecule has 0 saturated carbocycles. The zero-order chi connectivity index (χ0) is 17.4. The van der Waals surface area contributed by atoms with E-state index in [1.54, 1.807) is 0 Å². The fraction of sp³-hybridized carbons (Fsp3) is 0.611. The SMILES string of the molecule is Cc1c(CN2CCc3c(nc(N4CCCCC4)[nH]c3=O)C2)cnn1C. The Hall–Kier alpha value is -2.15. The summed E-state index contributed by atoms with van der Waals surface area (Å²) in [6, 6.07) is 0. The van der Waals surface area contributed by atoms with Crippen LogP contribution in [0, 0.1) is 6.92 Å². The van der Waals surface area contributed by atoms with Crippen molar-refractivity contribution in [2.45, 2.75) is 45.7 Å². The van der Waals surface area contributed by atoms with Gasteiger partial charge in [0.2, 0.25) is 5.95 Å². The normalized spacial score (nSPS) is 18.4. The Morgan fingerprint density at radius 3 is 2.72 bits per heavy atom. The predicted octanol–water partition coefficient (Wildman–Crippen LogP) is 1.36. The quantitative estimate of drug-likeness (QED) is 0.912. The Bertz CT molecular complexity index is 817.